The van der Waals surface area contributed by atoms with Crippen LogP contribution in [0.3, 0.4) is 0 Å². The fraction of sp³-hybridized carbons (Fsp3) is 0.419. The number of nitrogens with one attached hydrogen (secondary N) is 3. The number of hydrogen-bond acceptors (Lipinski definition) is 7. The van der Waals surface area contributed by atoms with Crippen molar-refractivity contribution >= 4 is 52.1 Å². The first-order valence-electron chi connectivity index (χ1n) is 14.4. The van der Waals surface area contributed by atoms with Crippen LogP contribution in [0.4, 0.5) is 10.7 Å². The van der Waals surface area contributed by atoms with Gasteiger partial charge in [0.1, 0.15) is 11.6 Å². The summed E-state index contributed by atoms with van der Waals surface area (Å²) >= 11 is 6.51. The van der Waals surface area contributed by atoms with E-state index in [2.05, 4.69) is 32.2 Å². The number of nitrogens with zero attached hydrogens (tertiary/aromatic N) is 4. The lowest BCUT2D eigenvalue weighted by molar-refractivity contribution is -0.126. The molecule has 2 aliphatic rings. The molecule has 5 rings (SSSR count). The van der Waals surface area contributed by atoms with E-state index in [1.165, 1.54) is 4.90 Å². The molecule has 43 heavy (non-hydrogen) atoms. The number of H-pyrrole nitrogens is 1. The van der Waals surface area contributed by atoms with Crippen LogP contribution in [0.25, 0.3) is 22.2 Å². The Hall–Kier alpha value is -4.25. The van der Waals surface area contributed by atoms with Gasteiger partial charge in [-0.1, -0.05) is 36.4 Å². The molecule has 2 aromatic heterocycles. The van der Waals surface area contributed by atoms with Gasteiger partial charge in [0.25, 0.3) is 5.91 Å². The van der Waals surface area contributed by atoms with Crippen molar-refractivity contribution in [2.75, 3.05) is 11.9 Å². The van der Waals surface area contributed by atoms with Crippen molar-refractivity contribution in [1.29, 1.82) is 0 Å². The summed E-state index contributed by atoms with van der Waals surface area (Å²) in [6.45, 7) is 8.76. The number of fused-ring (bicyclic) bond motifs is 1. The van der Waals surface area contributed by atoms with Gasteiger partial charge in [0.15, 0.2) is 0 Å². The van der Waals surface area contributed by atoms with Crippen LogP contribution in [0.15, 0.2) is 54.3 Å². The number of ether oxygens (including phenoxy) is 1. The Bertz CT molecular complexity index is 1580. The van der Waals surface area contributed by atoms with E-state index in [-0.39, 0.29) is 31.0 Å². The first kappa shape index (κ1) is 30.2. The number of hydrogen-bond donors (Lipinski definition) is 3. The molecule has 3 aromatic rings. The zero-order chi connectivity index (χ0) is 30.7. The molecule has 0 spiro atoms. The summed E-state index contributed by atoms with van der Waals surface area (Å²) in [5, 5.41) is 8.02. The highest BCUT2D eigenvalue weighted by Gasteiger charge is 2.41. The molecule has 2 fully saturated rings. The van der Waals surface area contributed by atoms with E-state index in [0.717, 1.165) is 41.8 Å². The number of carbonyl (C=O) groups excluding carboxylic acids is 3. The summed E-state index contributed by atoms with van der Waals surface area (Å²) in [6.07, 6.45) is 7.31. The predicted octanol–water partition coefficient (Wildman–Crippen LogP) is 5.28. The van der Waals surface area contributed by atoms with Crippen molar-refractivity contribution in [1.82, 2.24) is 25.2 Å². The van der Waals surface area contributed by atoms with Gasteiger partial charge in [-0.05, 0) is 58.6 Å². The number of aromatic nitrogens is 3. The highest BCUT2D eigenvalue weighted by Crippen LogP contribution is 2.33. The second-order valence-corrected chi connectivity index (χ2v) is 12.3. The fourth-order valence-electron chi connectivity index (χ4n) is 5.56. The normalized spacial score (nSPS) is 21.5. The van der Waals surface area contributed by atoms with Crippen LogP contribution in [-0.4, -0.2) is 73.7 Å². The van der Waals surface area contributed by atoms with Crippen molar-refractivity contribution in [3.8, 4) is 11.3 Å². The third-order valence-corrected chi connectivity index (χ3v) is 7.75. The molecule has 1 aliphatic heterocycles. The molecule has 3 atom stereocenters. The number of anilines is 1. The fourth-order valence-corrected chi connectivity index (χ4v) is 5.75. The van der Waals surface area contributed by atoms with Crippen LogP contribution in [-0.2, 0) is 14.3 Å². The number of para-hydroxylation sites is 1. The number of aliphatic imine (C=N–C) groups is 1. The maximum atomic E-state index is 13.5. The van der Waals surface area contributed by atoms with Crippen molar-refractivity contribution in [2.45, 2.75) is 76.6 Å². The van der Waals surface area contributed by atoms with Gasteiger partial charge in [-0.15, -0.1) is 0 Å². The number of benzene rings is 1. The minimum Gasteiger partial charge on any atom is -0.444 e. The standard InChI is InChI=1S/C31H36ClN7O4/c1-5-26(40)35-20-14-25(39(17-20)30(42)43-31(2,3)4)28(41)36-18-9-8-10-19(13-18)37-29-34-16-23(32)27(38-29)22-15-33-24-12-7-6-11-21(22)24/h5-7,11-12,15-16,18-19,25,33H,1,8-10,13-14,17H2,2-4H3,(H,36,41)(H,34,37,38)/t18-,19+,25?/m0/s1. The predicted molar refractivity (Wildman–Crippen MR) is 166 cm³/mol. The lowest BCUT2D eigenvalue weighted by Gasteiger charge is -2.32. The van der Waals surface area contributed by atoms with E-state index in [4.69, 9.17) is 21.3 Å². The van der Waals surface area contributed by atoms with Crippen molar-refractivity contribution in [3.05, 3.63) is 54.3 Å². The number of likely N-dealkylation sites (tertiary alicyclic amines) is 1. The van der Waals surface area contributed by atoms with Crippen LogP contribution < -0.4 is 10.6 Å². The largest absolute Gasteiger partial charge is 0.444 e. The zero-order valence-electron chi connectivity index (χ0n) is 24.5. The Morgan fingerprint density at radius 2 is 1.98 bits per heavy atom. The third kappa shape index (κ3) is 7.22. The van der Waals surface area contributed by atoms with Gasteiger partial charge >= 0.3 is 6.09 Å². The van der Waals surface area contributed by atoms with Crippen LogP contribution >= 0.6 is 11.6 Å². The lowest BCUT2D eigenvalue weighted by Crippen LogP contribution is -2.51. The van der Waals surface area contributed by atoms with Gasteiger partial charge in [-0.25, -0.2) is 19.8 Å². The molecule has 12 heteroatoms. The molecule has 0 radical (unpaired) electrons. The number of halogens is 1. The molecule has 1 aliphatic carbocycles. The van der Waals surface area contributed by atoms with Gasteiger partial charge in [-0.3, -0.25) is 14.5 Å². The molecule has 0 bridgehead atoms. The van der Waals surface area contributed by atoms with E-state index < -0.39 is 23.6 Å². The lowest BCUT2D eigenvalue weighted by atomic mass is 9.90. The van der Waals surface area contributed by atoms with E-state index in [0.29, 0.717) is 28.8 Å². The Labute approximate surface area is 255 Å². The topological polar surface area (TPSA) is 142 Å². The van der Waals surface area contributed by atoms with Gasteiger partial charge < -0.3 is 20.4 Å². The molecule has 1 saturated heterocycles. The van der Waals surface area contributed by atoms with Crippen LogP contribution in [0.5, 0.6) is 0 Å². The van der Waals surface area contributed by atoms with Crippen molar-refractivity contribution in [3.63, 3.8) is 0 Å². The second-order valence-electron chi connectivity index (χ2n) is 11.9. The minimum atomic E-state index is -0.835. The SMILES string of the molecule is C=CC(=O)N=C1CC(C(=O)N[C@H]2CCC[C@@H](Nc3ncc(Cl)c(-c4c[nH]c5ccccc45)n3)C2)N(C(=O)OC(C)(C)C)C1. The zero-order valence-corrected chi connectivity index (χ0v) is 25.3. The Kier molecular flexibility index (Phi) is 8.82. The van der Waals surface area contributed by atoms with Crippen LogP contribution in [0.1, 0.15) is 52.9 Å². The summed E-state index contributed by atoms with van der Waals surface area (Å²) < 4.78 is 5.54. The third-order valence-electron chi connectivity index (χ3n) is 7.47. The quantitative estimate of drug-likeness (QED) is 0.325. The average Bonchev–Trinajstić information content (AvgIpc) is 3.58. The number of carbonyl (C=O) groups is 3. The number of aromatic amines is 1. The maximum Gasteiger partial charge on any atom is 0.411 e. The van der Waals surface area contributed by atoms with E-state index in [1.807, 2.05) is 30.5 Å². The van der Waals surface area contributed by atoms with Crippen LogP contribution in [0.2, 0.25) is 5.02 Å². The minimum absolute atomic E-state index is 0.0175. The first-order valence-corrected chi connectivity index (χ1v) is 14.8. The molecule has 1 saturated carbocycles. The number of amides is 3. The Morgan fingerprint density at radius 3 is 2.74 bits per heavy atom. The molecule has 3 heterocycles. The van der Waals surface area contributed by atoms with E-state index >= 15 is 0 Å². The second kappa shape index (κ2) is 12.5. The van der Waals surface area contributed by atoms with Gasteiger partial charge in [0, 0.05) is 46.9 Å². The molecule has 3 N–H and O–H groups in total. The molecule has 1 unspecified atom stereocenters. The summed E-state index contributed by atoms with van der Waals surface area (Å²) in [5.41, 5.74) is 2.21. The molecule has 1 aromatic carbocycles. The van der Waals surface area contributed by atoms with Gasteiger partial charge in [0.05, 0.1) is 23.5 Å². The Morgan fingerprint density at radius 1 is 1.21 bits per heavy atom. The molecule has 11 nitrogen and oxygen atoms in total. The molecular weight excluding hydrogens is 570 g/mol. The average molecular weight is 606 g/mol. The summed E-state index contributed by atoms with van der Waals surface area (Å²) in [5.74, 6) is -0.364. The monoisotopic (exact) mass is 605 g/mol. The summed E-state index contributed by atoms with van der Waals surface area (Å²) in [6, 6.07) is 7.00. The van der Waals surface area contributed by atoms with Crippen molar-refractivity contribution < 1.29 is 19.1 Å². The van der Waals surface area contributed by atoms with E-state index in [1.54, 1.807) is 27.0 Å². The highest BCUT2D eigenvalue weighted by atomic mass is 35.5. The maximum absolute atomic E-state index is 13.5. The summed E-state index contributed by atoms with van der Waals surface area (Å²) in [4.78, 5) is 56.1. The van der Waals surface area contributed by atoms with E-state index in [9.17, 15) is 14.4 Å². The van der Waals surface area contributed by atoms with Crippen molar-refractivity contribution in [2.24, 2.45) is 4.99 Å². The highest BCUT2D eigenvalue weighted by molar-refractivity contribution is 6.33. The smallest absolute Gasteiger partial charge is 0.411 e. The molecular formula is C31H36ClN7O4. The molecule has 226 valence electrons. The van der Waals surface area contributed by atoms with Gasteiger partial charge in [-0.2, -0.15) is 0 Å². The number of rotatable bonds is 6. The summed E-state index contributed by atoms with van der Waals surface area (Å²) in [7, 11) is 0. The van der Waals surface area contributed by atoms with Crippen LogP contribution in [0, 0.1) is 0 Å². The Balaban J connectivity index is 1.26. The van der Waals surface area contributed by atoms with Gasteiger partial charge in [0.2, 0.25) is 11.9 Å². The molecule has 3 amide bonds. The first-order chi connectivity index (χ1) is 20.5.